The normalized spacial score (nSPS) is 12.1. The van der Waals surface area contributed by atoms with E-state index in [9.17, 15) is 9.90 Å². The molecule has 5 heteroatoms. The molecule has 0 unspecified atom stereocenters. The summed E-state index contributed by atoms with van der Waals surface area (Å²) >= 11 is 0. The summed E-state index contributed by atoms with van der Waals surface area (Å²) in [7, 11) is 1.57. The zero-order chi connectivity index (χ0) is 13.8. The van der Waals surface area contributed by atoms with E-state index >= 15 is 0 Å². The molecular weight excluding hydrogens is 232 g/mol. The van der Waals surface area contributed by atoms with E-state index in [1.807, 2.05) is 0 Å². The van der Waals surface area contributed by atoms with Crippen molar-refractivity contribution in [2.75, 3.05) is 7.05 Å². The lowest BCUT2D eigenvalue weighted by Crippen LogP contribution is -2.36. The van der Waals surface area contributed by atoms with E-state index in [4.69, 9.17) is 4.74 Å². The van der Waals surface area contributed by atoms with Crippen molar-refractivity contribution in [2.45, 2.75) is 26.4 Å². The van der Waals surface area contributed by atoms with Gasteiger partial charge in [0, 0.05) is 12.6 Å². The summed E-state index contributed by atoms with van der Waals surface area (Å²) < 4.78 is 5.13. The van der Waals surface area contributed by atoms with Crippen molar-refractivity contribution < 1.29 is 14.6 Å². The molecule has 1 aromatic rings. The number of hydrogen-bond acceptors (Lipinski definition) is 4. The van der Waals surface area contributed by atoms with Crippen molar-refractivity contribution in [1.82, 2.24) is 5.32 Å². The van der Waals surface area contributed by atoms with E-state index in [-0.39, 0.29) is 5.75 Å². The number of carbonyl (C=O) groups excluding carboxylic acids is 1. The minimum Gasteiger partial charge on any atom is -0.508 e. The van der Waals surface area contributed by atoms with Crippen LogP contribution < -0.4 is 5.32 Å². The fourth-order valence-corrected chi connectivity index (χ4v) is 1.28. The largest absolute Gasteiger partial charge is 0.508 e. The second kappa shape index (κ2) is 5.53. The van der Waals surface area contributed by atoms with E-state index < -0.39 is 11.7 Å². The van der Waals surface area contributed by atoms with E-state index in [0.717, 1.165) is 0 Å². The van der Waals surface area contributed by atoms with Crippen LogP contribution in [0.15, 0.2) is 29.3 Å². The molecule has 0 atom stereocenters. The maximum atomic E-state index is 11.6. The third-order valence-electron chi connectivity index (χ3n) is 1.98. The standard InChI is InChI=1S/C13H18N2O3/c1-13(2,3)18-12(17)15-11(14-4)9-5-7-10(16)8-6-9/h5-8,16H,1-4H3,(H,14,15,17). The summed E-state index contributed by atoms with van der Waals surface area (Å²) in [5.74, 6) is 0.552. The van der Waals surface area contributed by atoms with Crippen molar-refractivity contribution in [3.8, 4) is 5.75 Å². The fraction of sp³-hybridized carbons (Fsp3) is 0.385. The van der Waals surface area contributed by atoms with E-state index in [1.54, 1.807) is 40.0 Å². The molecule has 0 saturated heterocycles. The van der Waals surface area contributed by atoms with Gasteiger partial charge in [-0.3, -0.25) is 10.3 Å². The van der Waals surface area contributed by atoms with Gasteiger partial charge in [0.2, 0.25) is 0 Å². The molecule has 1 amide bonds. The highest BCUT2D eigenvalue weighted by atomic mass is 16.6. The average Bonchev–Trinajstić information content (AvgIpc) is 2.25. The van der Waals surface area contributed by atoms with Gasteiger partial charge < -0.3 is 9.84 Å². The highest BCUT2D eigenvalue weighted by Gasteiger charge is 2.17. The van der Waals surface area contributed by atoms with Crippen LogP contribution in [0.1, 0.15) is 26.3 Å². The molecule has 1 aromatic carbocycles. The number of alkyl carbamates (subject to hydrolysis) is 1. The van der Waals surface area contributed by atoms with Gasteiger partial charge in [0.15, 0.2) is 0 Å². The Hall–Kier alpha value is -2.04. The molecule has 0 aliphatic rings. The first-order valence-electron chi connectivity index (χ1n) is 5.58. The van der Waals surface area contributed by atoms with Crippen LogP contribution in [-0.4, -0.2) is 29.7 Å². The first kappa shape index (κ1) is 14.0. The second-order valence-corrected chi connectivity index (χ2v) is 4.75. The molecule has 0 aliphatic carbocycles. The molecule has 2 N–H and O–H groups in total. The Labute approximate surface area is 107 Å². The average molecular weight is 250 g/mol. The molecule has 0 fully saturated rings. The van der Waals surface area contributed by atoms with Crippen LogP contribution in [0, 0.1) is 0 Å². The Morgan fingerprint density at radius 3 is 2.28 bits per heavy atom. The first-order chi connectivity index (χ1) is 8.31. The van der Waals surface area contributed by atoms with Crippen LogP contribution in [0.25, 0.3) is 0 Å². The van der Waals surface area contributed by atoms with Crippen molar-refractivity contribution in [2.24, 2.45) is 4.99 Å². The van der Waals surface area contributed by atoms with Crippen molar-refractivity contribution >= 4 is 11.9 Å². The molecule has 0 aromatic heterocycles. The minimum atomic E-state index is -0.559. The van der Waals surface area contributed by atoms with Crippen molar-refractivity contribution in [3.63, 3.8) is 0 Å². The highest BCUT2D eigenvalue weighted by molar-refractivity contribution is 6.06. The number of nitrogens with one attached hydrogen (secondary N) is 1. The first-order valence-corrected chi connectivity index (χ1v) is 5.58. The summed E-state index contributed by atoms with van der Waals surface area (Å²) in [6.45, 7) is 5.36. The zero-order valence-corrected chi connectivity index (χ0v) is 11.0. The second-order valence-electron chi connectivity index (χ2n) is 4.75. The zero-order valence-electron chi connectivity index (χ0n) is 11.0. The van der Waals surface area contributed by atoms with Gasteiger partial charge in [-0.2, -0.15) is 0 Å². The van der Waals surface area contributed by atoms with Crippen LogP contribution in [-0.2, 0) is 4.74 Å². The van der Waals surface area contributed by atoms with Crippen molar-refractivity contribution in [1.29, 1.82) is 0 Å². The number of aliphatic imine (C=N–C) groups is 1. The van der Waals surface area contributed by atoms with Gasteiger partial charge >= 0.3 is 6.09 Å². The summed E-state index contributed by atoms with van der Waals surface area (Å²) in [5.41, 5.74) is 0.138. The van der Waals surface area contributed by atoms with Crippen LogP contribution >= 0.6 is 0 Å². The van der Waals surface area contributed by atoms with Gasteiger partial charge in [-0.05, 0) is 45.0 Å². The molecule has 98 valence electrons. The number of hydrogen-bond donors (Lipinski definition) is 2. The Morgan fingerprint density at radius 2 is 1.83 bits per heavy atom. The number of nitrogens with zero attached hydrogens (tertiary/aromatic N) is 1. The lowest BCUT2D eigenvalue weighted by atomic mass is 10.2. The lowest BCUT2D eigenvalue weighted by molar-refractivity contribution is 0.0563. The fourth-order valence-electron chi connectivity index (χ4n) is 1.28. The smallest absolute Gasteiger partial charge is 0.413 e. The van der Waals surface area contributed by atoms with Crippen LogP contribution in [0.5, 0.6) is 5.75 Å². The molecule has 0 heterocycles. The maximum absolute atomic E-state index is 11.6. The monoisotopic (exact) mass is 250 g/mol. The predicted molar refractivity (Wildman–Crippen MR) is 69.9 cm³/mol. The third-order valence-corrected chi connectivity index (χ3v) is 1.98. The van der Waals surface area contributed by atoms with Gasteiger partial charge in [-0.25, -0.2) is 4.79 Å². The molecule has 5 nitrogen and oxygen atoms in total. The molecule has 0 aliphatic heterocycles. The molecule has 1 rings (SSSR count). The van der Waals surface area contributed by atoms with Crippen LogP contribution in [0.4, 0.5) is 4.79 Å². The number of aromatic hydroxyl groups is 1. The molecule has 0 bridgehead atoms. The van der Waals surface area contributed by atoms with Crippen LogP contribution in [0.2, 0.25) is 0 Å². The number of ether oxygens (including phenoxy) is 1. The Kier molecular flexibility index (Phi) is 4.31. The molecule has 0 saturated carbocycles. The maximum Gasteiger partial charge on any atom is 0.413 e. The topological polar surface area (TPSA) is 70.9 Å². The minimum absolute atomic E-state index is 0.159. The van der Waals surface area contributed by atoms with Crippen LogP contribution in [0.3, 0.4) is 0 Å². The van der Waals surface area contributed by atoms with Gasteiger partial charge in [-0.1, -0.05) is 0 Å². The van der Waals surface area contributed by atoms with E-state index in [1.165, 1.54) is 12.1 Å². The highest BCUT2D eigenvalue weighted by Crippen LogP contribution is 2.11. The van der Waals surface area contributed by atoms with Gasteiger partial charge in [-0.15, -0.1) is 0 Å². The van der Waals surface area contributed by atoms with Gasteiger partial charge in [0.1, 0.15) is 17.2 Å². The number of carbonyl (C=O) groups is 1. The number of phenolic OH excluding ortho intramolecular Hbond substituents is 1. The van der Waals surface area contributed by atoms with Gasteiger partial charge in [0.25, 0.3) is 0 Å². The van der Waals surface area contributed by atoms with E-state index in [2.05, 4.69) is 10.3 Å². The number of amides is 1. The number of amidine groups is 1. The number of rotatable bonds is 1. The third kappa shape index (κ3) is 4.45. The lowest BCUT2D eigenvalue weighted by Gasteiger charge is -2.20. The summed E-state index contributed by atoms with van der Waals surface area (Å²) in [6.07, 6.45) is -0.559. The quantitative estimate of drug-likeness (QED) is 0.593. The molecule has 0 radical (unpaired) electrons. The Bertz CT molecular complexity index is 444. The summed E-state index contributed by atoms with van der Waals surface area (Å²) in [4.78, 5) is 15.6. The van der Waals surface area contributed by atoms with Crippen molar-refractivity contribution in [3.05, 3.63) is 29.8 Å². The van der Waals surface area contributed by atoms with E-state index in [0.29, 0.717) is 11.4 Å². The SMILES string of the molecule is CN=C(NC(=O)OC(C)(C)C)c1ccc(O)cc1. The summed E-state index contributed by atoms with van der Waals surface area (Å²) in [6, 6.07) is 6.37. The predicted octanol–water partition coefficient (Wildman–Crippen LogP) is 2.29. The molecule has 0 spiro atoms. The molecule has 18 heavy (non-hydrogen) atoms. The summed E-state index contributed by atoms with van der Waals surface area (Å²) in [5, 5.41) is 11.8. The Balaban J connectivity index is 2.75. The molecular formula is C13H18N2O3. The number of phenols is 1. The number of benzene rings is 1. The van der Waals surface area contributed by atoms with Gasteiger partial charge in [0.05, 0.1) is 0 Å². The Morgan fingerprint density at radius 1 is 1.28 bits per heavy atom.